The number of H-pyrrole nitrogens is 1. The van der Waals surface area contributed by atoms with E-state index < -0.39 is 0 Å². The summed E-state index contributed by atoms with van der Waals surface area (Å²) in [6.45, 7) is 2.10. The Morgan fingerprint density at radius 1 is 1.14 bits per heavy atom. The second-order valence-electron chi connectivity index (χ2n) is 7.59. The topological polar surface area (TPSA) is 82.6 Å². The number of pyridine rings is 2. The average Bonchev–Trinajstić information content (AvgIpc) is 3.23. The second kappa shape index (κ2) is 7.60. The lowest BCUT2D eigenvalue weighted by atomic mass is 9.97. The van der Waals surface area contributed by atoms with Gasteiger partial charge < -0.3 is 15.2 Å². The van der Waals surface area contributed by atoms with Crippen LogP contribution in [0.25, 0.3) is 22.2 Å². The number of fused-ring (bicyclic) bond motifs is 1. The van der Waals surface area contributed by atoms with Gasteiger partial charge in [0.15, 0.2) is 0 Å². The van der Waals surface area contributed by atoms with Crippen LogP contribution in [0.2, 0.25) is 0 Å². The van der Waals surface area contributed by atoms with Crippen LogP contribution in [0.4, 0.5) is 11.5 Å². The van der Waals surface area contributed by atoms with Gasteiger partial charge in [0.2, 0.25) is 0 Å². The third kappa shape index (κ3) is 3.69. The fourth-order valence-electron chi connectivity index (χ4n) is 4.00. The molecule has 1 atom stereocenters. The molecule has 5 rings (SSSR count). The van der Waals surface area contributed by atoms with Gasteiger partial charge in [-0.2, -0.15) is 0 Å². The normalized spacial score (nSPS) is 17.5. The maximum atomic E-state index is 4.99. The van der Waals surface area contributed by atoms with E-state index in [4.69, 9.17) is 9.97 Å². The minimum atomic E-state index is 0.321. The first-order chi connectivity index (χ1) is 14.3. The zero-order valence-electron chi connectivity index (χ0n) is 16.3. The number of aromatic amines is 1. The summed E-state index contributed by atoms with van der Waals surface area (Å²) in [6.07, 6.45) is 11.5. The Hall–Kier alpha value is -3.32. The molecule has 1 fully saturated rings. The fraction of sp³-hybridized carbons (Fsp3) is 0.273. The summed E-state index contributed by atoms with van der Waals surface area (Å²) in [6, 6.07) is 7.95. The maximum absolute atomic E-state index is 4.99. The number of nitrogens with zero attached hydrogens (tertiary/aromatic N) is 5. The van der Waals surface area contributed by atoms with Gasteiger partial charge in [0.05, 0.1) is 29.3 Å². The summed E-state index contributed by atoms with van der Waals surface area (Å²) >= 11 is 0. The third-order valence-corrected chi connectivity index (χ3v) is 5.42. The highest BCUT2D eigenvalue weighted by molar-refractivity contribution is 5.93. The van der Waals surface area contributed by atoms with Crippen molar-refractivity contribution in [1.29, 1.82) is 0 Å². The van der Waals surface area contributed by atoms with Crippen molar-refractivity contribution in [3.8, 4) is 11.3 Å². The molecule has 2 N–H and O–H groups in total. The summed E-state index contributed by atoms with van der Waals surface area (Å²) in [5, 5.41) is 4.50. The Morgan fingerprint density at radius 2 is 2.10 bits per heavy atom. The van der Waals surface area contributed by atoms with Gasteiger partial charge in [-0.05, 0) is 44.6 Å². The first-order valence-corrected chi connectivity index (χ1v) is 9.92. The lowest BCUT2D eigenvalue weighted by Crippen LogP contribution is -2.31. The zero-order valence-corrected chi connectivity index (χ0v) is 16.3. The molecule has 146 valence electrons. The van der Waals surface area contributed by atoms with Crippen LogP contribution in [0, 0.1) is 0 Å². The number of nitrogens with one attached hydrogen (secondary N) is 2. The predicted octanol–water partition coefficient (Wildman–Crippen LogP) is 3.97. The molecule has 0 bridgehead atoms. The van der Waals surface area contributed by atoms with Crippen LogP contribution in [-0.4, -0.2) is 50.0 Å². The third-order valence-electron chi connectivity index (χ3n) is 5.42. The fourth-order valence-corrected chi connectivity index (χ4v) is 4.00. The summed E-state index contributed by atoms with van der Waals surface area (Å²) in [5.41, 5.74) is 3.79. The van der Waals surface area contributed by atoms with Crippen molar-refractivity contribution in [3.05, 3.63) is 61.1 Å². The van der Waals surface area contributed by atoms with Crippen LogP contribution in [0.3, 0.4) is 0 Å². The minimum Gasteiger partial charge on any atom is -0.360 e. The molecule has 4 aromatic rings. The highest BCUT2D eigenvalue weighted by atomic mass is 15.1. The number of hydrogen-bond acceptors (Lipinski definition) is 6. The van der Waals surface area contributed by atoms with Gasteiger partial charge in [0, 0.05) is 48.1 Å². The lowest BCUT2D eigenvalue weighted by Gasteiger charge is -2.29. The SMILES string of the molecule is CN1CCCC(c2nc(Nc3cccnc3)cc(-c3cncc4[nH]ccc34)n2)C1. The molecule has 0 aliphatic carbocycles. The van der Waals surface area contributed by atoms with Gasteiger partial charge in [-0.1, -0.05) is 0 Å². The quantitative estimate of drug-likeness (QED) is 0.553. The molecule has 1 unspecified atom stereocenters. The summed E-state index contributed by atoms with van der Waals surface area (Å²) in [5.74, 6) is 1.98. The molecule has 0 saturated carbocycles. The highest BCUT2D eigenvalue weighted by Crippen LogP contribution is 2.31. The molecule has 1 saturated heterocycles. The summed E-state index contributed by atoms with van der Waals surface area (Å²) in [7, 11) is 2.16. The Bertz CT molecular complexity index is 1120. The van der Waals surface area contributed by atoms with Crippen molar-refractivity contribution in [3.63, 3.8) is 0 Å². The predicted molar refractivity (Wildman–Crippen MR) is 114 cm³/mol. The van der Waals surface area contributed by atoms with Crippen LogP contribution in [0.1, 0.15) is 24.6 Å². The molecule has 7 heteroatoms. The van der Waals surface area contributed by atoms with Crippen molar-refractivity contribution >= 4 is 22.4 Å². The monoisotopic (exact) mass is 385 g/mol. The first kappa shape index (κ1) is 17.8. The largest absolute Gasteiger partial charge is 0.360 e. The molecule has 0 spiro atoms. The first-order valence-electron chi connectivity index (χ1n) is 9.92. The number of hydrogen-bond donors (Lipinski definition) is 2. The van der Waals surface area contributed by atoms with Crippen molar-refractivity contribution in [1.82, 2.24) is 29.8 Å². The number of anilines is 2. The Morgan fingerprint density at radius 3 is 2.97 bits per heavy atom. The molecule has 1 aliphatic heterocycles. The highest BCUT2D eigenvalue weighted by Gasteiger charge is 2.23. The minimum absolute atomic E-state index is 0.321. The summed E-state index contributed by atoms with van der Waals surface area (Å²) < 4.78 is 0. The van der Waals surface area contributed by atoms with Crippen LogP contribution in [0.5, 0.6) is 0 Å². The maximum Gasteiger partial charge on any atom is 0.135 e. The number of aromatic nitrogens is 5. The number of likely N-dealkylation sites (N-methyl/N-ethyl adjacent to an activating group) is 1. The molecule has 0 radical (unpaired) electrons. The molecule has 0 aromatic carbocycles. The Labute approximate surface area is 169 Å². The molecule has 7 nitrogen and oxygen atoms in total. The second-order valence-corrected chi connectivity index (χ2v) is 7.59. The van der Waals surface area contributed by atoms with Crippen molar-refractivity contribution in [2.24, 2.45) is 0 Å². The molecular weight excluding hydrogens is 362 g/mol. The van der Waals surface area contributed by atoms with E-state index in [1.54, 1.807) is 12.4 Å². The van der Waals surface area contributed by atoms with Gasteiger partial charge in [-0.25, -0.2) is 9.97 Å². The van der Waals surface area contributed by atoms with Gasteiger partial charge in [-0.3, -0.25) is 9.97 Å². The number of rotatable bonds is 4. The summed E-state index contributed by atoms with van der Waals surface area (Å²) in [4.78, 5) is 24.0. The van der Waals surface area contributed by atoms with E-state index in [2.05, 4.69) is 38.3 Å². The Kier molecular flexibility index (Phi) is 4.65. The van der Waals surface area contributed by atoms with Crippen LogP contribution in [0.15, 0.2) is 55.2 Å². The van der Waals surface area contributed by atoms with Gasteiger partial charge in [-0.15, -0.1) is 0 Å². The molecule has 29 heavy (non-hydrogen) atoms. The van der Waals surface area contributed by atoms with E-state index in [0.717, 1.165) is 65.4 Å². The molecule has 4 aromatic heterocycles. The lowest BCUT2D eigenvalue weighted by molar-refractivity contribution is 0.246. The van der Waals surface area contributed by atoms with E-state index in [9.17, 15) is 0 Å². The van der Waals surface area contributed by atoms with Crippen LogP contribution >= 0.6 is 0 Å². The number of piperidine rings is 1. The van der Waals surface area contributed by atoms with Gasteiger partial charge in [0.25, 0.3) is 0 Å². The zero-order chi connectivity index (χ0) is 19.6. The van der Waals surface area contributed by atoms with E-state index in [-0.39, 0.29) is 0 Å². The van der Waals surface area contributed by atoms with Crippen molar-refractivity contribution < 1.29 is 0 Å². The standard InChI is InChI=1S/C22H23N7/c1-29-9-3-4-15(14-29)22-27-19(18-12-24-13-20-17(18)6-8-25-20)10-21(28-22)26-16-5-2-7-23-11-16/h2,5-8,10-13,15,25H,3-4,9,14H2,1H3,(H,26,27,28). The molecule has 5 heterocycles. The van der Waals surface area contributed by atoms with E-state index in [0.29, 0.717) is 5.92 Å². The average molecular weight is 385 g/mol. The molecule has 1 aliphatic rings. The van der Waals surface area contributed by atoms with Crippen molar-refractivity contribution in [2.75, 3.05) is 25.5 Å². The van der Waals surface area contributed by atoms with Crippen LogP contribution in [-0.2, 0) is 0 Å². The smallest absolute Gasteiger partial charge is 0.135 e. The number of likely N-dealkylation sites (tertiary alicyclic amines) is 1. The van der Waals surface area contributed by atoms with E-state index in [1.807, 2.05) is 36.8 Å². The van der Waals surface area contributed by atoms with Gasteiger partial charge >= 0.3 is 0 Å². The van der Waals surface area contributed by atoms with Crippen LogP contribution < -0.4 is 5.32 Å². The van der Waals surface area contributed by atoms with Gasteiger partial charge in [0.1, 0.15) is 11.6 Å². The van der Waals surface area contributed by atoms with E-state index in [1.165, 1.54) is 0 Å². The van der Waals surface area contributed by atoms with Crippen molar-refractivity contribution in [2.45, 2.75) is 18.8 Å². The molecule has 0 amide bonds. The van der Waals surface area contributed by atoms with E-state index >= 15 is 0 Å². The molecular formula is C22H23N7. The Balaban J connectivity index is 1.60.